The maximum absolute atomic E-state index is 14.1. The first-order valence-corrected chi connectivity index (χ1v) is 12.9. The largest absolute Gasteiger partial charge is 0.418 e. The molecule has 4 rings (SSSR count). The summed E-state index contributed by atoms with van der Waals surface area (Å²) in [4.78, 5) is 10.9. The SMILES string of the molecule is [C-]#[N+]c1c(C(F)(F)F)ccc(-c2cccc(C(C)(C)c3cccc(-c4ccc(C(F)(F)F)c(C#N)c4C(F)(F)F)n3)n2)c1C(F)(F)F. The molecule has 0 radical (unpaired) electrons. The first kappa shape index (κ1) is 34.7. The second-order valence-corrected chi connectivity index (χ2v) is 10.5. The van der Waals surface area contributed by atoms with Crippen LogP contribution in [0.5, 0.6) is 0 Å². The minimum absolute atomic E-state index is 0.0572. The van der Waals surface area contributed by atoms with Crippen LogP contribution in [-0.4, -0.2) is 9.97 Å². The first-order valence-electron chi connectivity index (χ1n) is 12.9. The van der Waals surface area contributed by atoms with Crippen LogP contribution in [0, 0.1) is 17.9 Å². The van der Waals surface area contributed by atoms with Crippen molar-refractivity contribution >= 4 is 5.69 Å². The number of benzene rings is 2. The quantitative estimate of drug-likeness (QED) is 0.160. The van der Waals surface area contributed by atoms with Crippen molar-refractivity contribution in [2.45, 2.75) is 44.0 Å². The van der Waals surface area contributed by atoms with Crippen molar-refractivity contribution in [2.75, 3.05) is 0 Å². The average Bonchev–Trinajstić information content (AvgIpc) is 2.97. The van der Waals surface area contributed by atoms with E-state index in [1.165, 1.54) is 38.1 Å². The van der Waals surface area contributed by atoms with Crippen LogP contribution in [0.4, 0.5) is 58.4 Å². The normalized spacial score (nSPS) is 12.9. The summed E-state index contributed by atoms with van der Waals surface area (Å²) >= 11 is 0. The Balaban J connectivity index is 1.90. The third-order valence-electron chi connectivity index (χ3n) is 7.12. The highest BCUT2D eigenvalue weighted by molar-refractivity contribution is 5.76. The molecule has 2 heterocycles. The van der Waals surface area contributed by atoms with Crippen LogP contribution in [0.1, 0.15) is 53.1 Å². The lowest BCUT2D eigenvalue weighted by Crippen LogP contribution is -2.23. The van der Waals surface area contributed by atoms with E-state index in [1.54, 1.807) is 0 Å². The minimum Gasteiger partial charge on any atom is -0.252 e. The van der Waals surface area contributed by atoms with Gasteiger partial charge in [-0.15, -0.1) is 0 Å². The molecule has 2 aromatic carbocycles. The third kappa shape index (κ3) is 6.58. The van der Waals surface area contributed by atoms with Crippen LogP contribution in [0.25, 0.3) is 27.4 Å². The lowest BCUT2D eigenvalue weighted by Gasteiger charge is -2.26. The van der Waals surface area contributed by atoms with E-state index in [1.807, 2.05) is 0 Å². The zero-order valence-electron chi connectivity index (χ0n) is 23.6. The Morgan fingerprint density at radius 2 is 1.02 bits per heavy atom. The first-order chi connectivity index (χ1) is 21.5. The van der Waals surface area contributed by atoms with Gasteiger partial charge in [0.2, 0.25) is 5.69 Å². The van der Waals surface area contributed by atoms with E-state index in [0.29, 0.717) is 24.3 Å². The number of nitrogens with zero attached hydrogens (tertiary/aromatic N) is 4. The van der Waals surface area contributed by atoms with E-state index >= 15 is 0 Å². The predicted octanol–water partition coefficient (Wildman–Crippen LogP) is 10.6. The van der Waals surface area contributed by atoms with E-state index in [2.05, 4.69) is 14.8 Å². The summed E-state index contributed by atoms with van der Waals surface area (Å²) < 4.78 is 165. The molecule has 244 valence electrons. The minimum atomic E-state index is -5.42. The molecule has 0 aliphatic carbocycles. The van der Waals surface area contributed by atoms with E-state index in [-0.39, 0.29) is 11.4 Å². The molecular formula is C31H16F12N4. The number of hydrogen-bond donors (Lipinski definition) is 0. The number of pyridine rings is 2. The second kappa shape index (κ2) is 11.6. The highest BCUT2D eigenvalue weighted by Crippen LogP contribution is 2.49. The van der Waals surface area contributed by atoms with Crippen LogP contribution in [0.2, 0.25) is 0 Å². The molecule has 0 saturated heterocycles. The molecule has 4 nitrogen and oxygen atoms in total. The van der Waals surface area contributed by atoms with Crippen molar-refractivity contribution < 1.29 is 52.7 Å². The van der Waals surface area contributed by atoms with Crippen LogP contribution in [0.3, 0.4) is 0 Å². The monoisotopic (exact) mass is 672 g/mol. The Morgan fingerprint density at radius 3 is 1.40 bits per heavy atom. The summed E-state index contributed by atoms with van der Waals surface area (Å²) in [7, 11) is 0. The van der Waals surface area contributed by atoms with E-state index < -0.39 is 86.1 Å². The molecule has 0 bridgehead atoms. The molecule has 16 heteroatoms. The maximum atomic E-state index is 14.1. The summed E-state index contributed by atoms with van der Waals surface area (Å²) in [5.74, 6) is 0. The van der Waals surface area contributed by atoms with Gasteiger partial charge in [0, 0.05) is 16.5 Å². The van der Waals surface area contributed by atoms with E-state index in [0.717, 1.165) is 18.2 Å². The van der Waals surface area contributed by atoms with Crippen molar-refractivity contribution in [1.29, 1.82) is 5.26 Å². The van der Waals surface area contributed by atoms with Crippen molar-refractivity contribution in [1.82, 2.24) is 9.97 Å². The van der Waals surface area contributed by atoms with Crippen LogP contribution in [-0.2, 0) is 30.1 Å². The van der Waals surface area contributed by atoms with E-state index in [4.69, 9.17) is 6.57 Å². The predicted molar refractivity (Wildman–Crippen MR) is 142 cm³/mol. The molecule has 0 atom stereocenters. The van der Waals surface area contributed by atoms with Gasteiger partial charge in [-0.2, -0.15) is 57.9 Å². The van der Waals surface area contributed by atoms with Gasteiger partial charge in [0.15, 0.2) is 0 Å². The molecule has 0 fully saturated rings. The molecule has 2 aromatic heterocycles. The Bertz CT molecular complexity index is 1800. The summed E-state index contributed by atoms with van der Waals surface area (Å²) in [5.41, 5.74) is -15.0. The molecule has 47 heavy (non-hydrogen) atoms. The Kier molecular flexibility index (Phi) is 8.57. The smallest absolute Gasteiger partial charge is 0.252 e. The number of aromatic nitrogens is 2. The Labute approximate surface area is 257 Å². The molecule has 4 aromatic rings. The van der Waals surface area contributed by atoms with Gasteiger partial charge in [-0.25, -0.2) is 4.85 Å². The highest BCUT2D eigenvalue weighted by Gasteiger charge is 2.45. The number of rotatable bonds is 4. The van der Waals surface area contributed by atoms with Crippen molar-refractivity contribution in [3.8, 4) is 28.6 Å². The molecule has 0 aliphatic heterocycles. The third-order valence-corrected chi connectivity index (χ3v) is 7.12. The van der Waals surface area contributed by atoms with Gasteiger partial charge in [-0.3, -0.25) is 9.97 Å². The number of hydrogen-bond acceptors (Lipinski definition) is 3. The average molecular weight is 672 g/mol. The number of nitriles is 1. The van der Waals surface area contributed by atoms with Gasteiger partial charge in [-0.1, -0.05) is 30.3 Å². The van der Waals surface area contributed by atoms with Crippen molar-refractivity contribution in [2.24, 2.45) is 0 Å². The van der Waals surface area contributed by atoms with Gasteiger partial charge < -0.3 is 0 Å². The highest BCUT2D eigenvalue weighted by atomic mass is 19.4. The molecule has 0 N–H and O–H groups in total. The molecule has 0 amide bonds. The van der Waals surface area contributed by atoms with Crippen molar-refractivity contribution in [3.05, 3.63) is 111 Å². The lowest BCUT2D eigenvalue weighted by atomic mass is 9.83. The fourth-order valence-electron chi connectivity index (χ4n) is 4.90. The fourth-order valence-corrected chi connectivity index (χ4v) is 4.90. The number of alkyl halides is 12. The topological polar surface area (TPSA) is 53.9 Å². The van der Waals surface area contributed by atoms with E-state index in [9.17, 15) is 57.9 Å². The zero-order chi connectivity index (χ0) is 35.3. The lowest BCUT2D eigenvalue weighted by molar-refractivity contribution is -0.144. The van der Waals surface area contributed by atoms with Gasteiger partial charge in [0.25, 0.3) is 0 Å². The zero-order valence-corrected chi connectivity index (χ0v) is 23.6. The summed E-state index contributed by atoms with van der Waals surface area (Å²) in [6.45, 7) is 9.91. The summed E-state index contributed by atoms with van der Waals surface area (Å²) in [6.07, 6.45) is -21.4. The van der Waals surface area contributed by atoms with Crippen LogP contribution < -0.4 is 0 Å². The molecule has 0 unspecified atom stereocenters. The van der Waals surface area contributed by atoms with Gasteiger partial charge in [0.1, 0.15) is 6.07 Å². The second-order valence-electron chi connectivity index (χ2n) is 10.5. The standard InChI is InChI=1S/C31H16F12N4/c1-27(2,22-8-4-6-20(46-22)15-10-12-18(28(32,33)34)17(14-44)24(15)30(38,39)40)23-9-5-7-21(47-23)16-11-13-19(29(35,36)37)26(45-3)25(16)31(41,42)43/h4-13H,1-2H3. The number of halogens is 12. The molecule has 0 aliphatic rings. The summed E-state index contributed by atoms with van der Waals surface area (Å²) in [6, 6.07) is 9.79. The Morgan fingerprint density at radius 1 is 0.596 bits per heavy atom. The van der Waals surface area contributed by atoms with Crippen LogP contribution >= 0.6 is 0 Å². The maximum Gasteiger partial charge on any atom is 0.418 e. The Hall–Kier alpha value is -5.12. The van der Waals surface area contributed by atoms with Crippen LogP contribution in [0.15, 0.2) is 60.7 Å². The molecular weight excluding hydrogens is 656 g/mol. The van der Waals surface area contributed by atoms with Gasteiger partial charge in [-0.05, 0) is 44.2 Å². The molecule has 0 spiro atoms. The molecule has 0 saturated carbocycles. The summed E-state index contributed by atoms with van der Waals surface area (Å²) in [5, 5.41) is 9.29. The van der Waals surface area contributed by atoms with Crippen molar-refractivity contribution in [3.63, 3.8) is 0 Å². The fraction of sp³-hybridized carbons (Fsp3) is 0.226. The van der Waals surface area contributed by atoms with Gasteiger partial charge >= 0.3 is 24.7 Å². The van der Waals surface area contributed by atoms with Gasteiger partial charge in [0.05, 0.1) is 57.2 Å².